The fourth-order valence-corrected chi connectivity index (χ4v) is 3.02. The zero-order valence-electron chi connectivity index (χ0n) is 8.50. The Kier molecular flexibility index (Phi) is 2.57. The van der Waals surface area contributed by atoms with Gasteiger partial charge in [0.25, 0.3) is 0 Å². The third kappa shape index (κ3) is 1.45. The molecule has 0 bridgehead atoms. The summed E-state index contributed by atoms with van der Waals surface area (Å²) in [7, 11) is 0. The minimum atomic E-state index is 0.159. The minimum absolute atomic E-state index is 0.159. The van der Waals surface area contributed by atoms with Crippen LogP contribution in [-0.2, 0) is 13.0 Å². The standard InChI is InChI=1S/C12H14OS/c1-3-11-10(7-13)9-5-4-8(2)6-12(9)14-11/h4-6,13H,3,7H2,1-2H3. The lowest BCUT2D eigenvalue weighted by molar-refractivity contribution is 0.283. The van der Waals surface area contributed by atoms with E-state index >= 15 is 0 Å². The molecule has 1 N–H and O–H groups in total. The van der Waals surface area contributed by atoms with Gasteiger partial charge in [0, 0.05) is 9.58 Å². The van der Waals surface area contributed by atoms with Crippen molar-refractivity contribution in [2.45, 2.75) is 26.9 Å². The first kappa shape index (κ1) is 9.69. The molecule has 0 unspecified atom stereocenters. The molecule has 2 rings (SSSR count). The Hall–Kier alpha value is -0.860. The number of aliphatic hydroxyl groups excluding tert-OH is 1. The minimum Gasteiger partial charge on any atom is -0.392 e. The fourth-order valence-electron chi connectivity index (χ4n) is 1.77. The third-order valence-electron chi connectivity index (χ3n) is 2.51. The van der Waals surface area contributed by atoms with Gasteiger partial charge < -0.3 is 5.11 Å². The zero-order chi connectivity index (χ0) is 10.1. The van der Waals surface area contributed by atoms with E-state index in [-0.39, 0.29) is 6.61 Å². The second-order valence-corrected chi connectivity index (χ2v) is 4.65. The molecule has 0 amide bonds. The van der Waals surface area contributed by atoms with Crippen LogP contribution in [0.15, 0.2) is 18.2 Å². The lowest BCUT2D eigenvalue weighted by Gasteiger charge is -1.97. The van der Waals surface area contributed by atoms with Gasteiger partial charge in [-0.1, -0.05) is 19.1 Å². The van der Waals surface area contributed by atoms with Crippen LogP contribution in [0.5, 0.6) is 0 Å². The monoisotopic (exact) mass is 206 g/mol. The van der Waals surface area contributed by atoms with Crippen molar-refractivity contribution >= 4 is 21.4 Å². The van der Waals surface area contributed by atoms with Crippen LogP contribution in [0.2, 0.25) is 0 Å². The van der Waals surface area contributed by atoms with Gasteiger partial charge in [0.1, 0.15) is 0 Å². The Labute approximate surface area is 88.0 Å². The van der Waals surface area contributed by atoms with Gasteiger partial charge in [-0.2, -0.15) is 0 Å². The van der Waals surface area contributed by atoms with E-state index in [1.165, 1.54) is 20.5 Å². The maximum atomic E-state index is 9.31. The molecular formula is C12H14OS. The van der Waals surface area contributed by atoms with Crippen LogP contribution in [0.1, 0.15) is 22.9 Å². The number of rotatable bonds is 2. The van der Waals surface area contributed by atoms with Crippen LogP contribution in [0.25, 0.3) is 10.1 Å². The van der Waals surface area contributed by atoms with Crippen molar-refractivity contribution in [3.63, 3.8) is 0 Å². The van der Waals surface area contributed by atoms with Crippen LogP contribution >= 0.6 is 11.3 Å². The van der Waals surface area contributed by atoms with Gasteiger partial charge in [0.2, 0.25) is 0 Å². The maximum Gasteiger partial charge on any atom is 0.0698 e. The van der Waals surface area contributed by atoms with Crippen molar-refractivity contribution in [1.29, 1.82) is 0 Å². The molecule has 74 valence electrons. The van der Waals surface area contributed by atoms with Crippen molar-refractivity contribution in [3.8, 4) is 0 Å². The average molecular weight is 206 g/mol. The highest BCUT2D eigenvalue weighted by molar-refractivity contribution is 7.19. The average Bonchev–Trinajstić information content (AvgIpc) is 2.54. The smallest absolute Gasteiger partial charge is 0.0698 e. The lowest BCUT2D eigenvalue weighted by Crippen LogP contribution is -1.85. The van der Waals surface area contributed by atoms with Gasteiger partial charge >= 0.3 is 0 Å². The molecule has 0 atom stereocenters. The number of benzene rings is 1. The third-order valence-corrected chi connectivity index (χ3v) is 3.85. The first-order chi connectivity index (χ1) is 6.76. The molecule has 2 aromatic rings. The summed E-state index contributed by atoms with van der Waals surface area (Å²) >= 11 is 1.80. The number of hydrogen-bond acceptors (Lipinski definition) is 2. The number of aliphatic hydroxyl groups is 1. The van der Waals surface area contributed by atoms with E-state index in [0.717, 1.165) is 12.0 Å². The molecule has 0 aliphatic heterocycles. The van der Waals surface area contributed by atoms with Crippen molar-refractivity contribution in [2.24, 2.45) is 0 Å². The van der Waals surface area contributed by atoms with Crippen molar-refractivity contribution in [1.82, 2.24) is 0 Å². The summed E-state index contributed by atoms with van der Waals surface area (Å²) in [4.78, 5) is 1.31. The molecule has 1 aromatic heterocycles. The van der Waals surface area contributed by atoms with Crippen molar-refractivity contribution in [3.05, 3.63) is 34.2 Å². The van der Waals surface area contributed by atoms with Crippen LogP contribution in [-0.4, -0.2) is 5.11 Å². The number of hydrogen-bond donors (Lipinski definition) is 1. The maximum absolute atomic E-state index is 9.31. The number of fused-ring (bicyclic) bond motifs is 1. The van der Waals surface area contributed by atoms with Gasteiger partial charge in [0.05, 0.1) is 6.61 Å². The van der Waals surface area contributed by atoms with Gasteiger partial charge in [-0.25, -0.2) is 0 Å². The fraction of sp³-hybridized carbons (Fsp3) is 0.333. The van der Waals surface area contributed by atoms with E-state index in [1.807, 2.05) is 0 Å². The molecule has 1 heterocycles. The lowest BCUT2D eigenvalue weighted by atomic mass is 10.1. The molecule has 14 heavy (non-hydrogen) atoms. The zero-order valence-corrected chi connectivity index (χ0v) is 9.32. The first-order valence-corrected chi connectivity index (χ1v) is 5.69. The van der Waals surface area contributed by atoms with Gasteiger partial charge in [0.15, 0.2) is 0 Å². The largest absolute Gasteiger partial charge is 0.392 e. The predicted octanol–water partition coefficient (Wildman–Crippen LogP) is 3.26. The Morgan fingerprint density at radius 2 is 2.14 bits per heavy atom. The molecule has 1 aromatic carbocycles. The predicted molar refractivity (Wildman–Crippen MR) is 61.9 cm³/mol. The van der Waals surface area contributed by atoms with Crippen LogP contribution in [0.4, 0.5) is 0 Å². The van der Waals surface area contributed by atoms with Crippen LogP contribution in [0.3, 0.4) is 0 Å². The van der Waals surface area contributed by atoms with Gasteiger partial charge in [-0.15, -0.1) is 11.3 Å². The van der Waals surface area contributed by atoms with Crippen molar-refractivity contribution in [2.75, 3.05) is 0 Å². The summed E-state index contributed by atoms with van der Waals surface area (Å²) in [6.45, 7) is 4.40. The van der Waals surface area contributed by atoms with E-state index in [0.29, 0.717) is 0 Å². The molecule has 0 saturated heterocycles. The number of thiophene rings is 1. The second-order valence-electron chi connectivity index (χ2n) is 3.52. The Bertz CT molecular complexity index is 457. The van der Waals surface area contributed by atoms with E-state index in [9.17, 15) is 5.11 Å². The molecule has 2 heteroatoms. The SMILES string of the molecule is CCc1sc2cc(C)ccc2c1CO. The molecule has 0 radical (unpaired) electrons. The van der Waals surface area contributed by atoms with Crippen molar-refractivity contribution < 1.29 is 5.11 Å². The summed E-state index contributed by atoms with van der Waals surface area (Å²) in [6.07, 6.45) is 1.01. The highest BCUT2D eigenvalue weighted by Gasteiger charge is 2.09. The van der Waals surface area contributed by atoms with Crippen LogP contribution < -0.4 is 0 Å². The van der Waals surface area contributed by atoms with E-state index in [1.54, 1.807) is 11.3 Å². The molecular weight excluding hydrogens is 192 g/mol. The molecule has 1 nitrogen and oxygen atoms in total. The van der Waals surface area contributed by atoms with E-state index < -0.39 is 0 Å². The topological polar surface area (TPSA) is 20.2 Å². The summed E-state index contributed by atoms with van der Waals surface area (Å²) in [5.74, 6) is 0. The summed E-state index contributed by atoms with van der Waals surface area (Å²) in [5, 5.41) is 10.5. The summed E-state index contributed by atoms with van der Waals surface area (Å²) in [5.41, 5.74) is 2.40. The van der Waals surface area contributed by atoms with Crippen LogP contribution in [0, 0.1) is 6.92 Å². The Morgan fingerprint density at radius 3 is 2.79 bits per heavy atom. The molecule has 0 aliphatic rings. The molecule has 0 fully saturated rings. The van der Waals surface area contributed by atoms with Gasteiger partial charge in [-0.05, 0) is 35.9 Å². The number of aryl methyl sites for hydroxylation is 2. The molecule has 0 saturated carbocycles. The van der Waals surface area contributed by atoms with Gasteiger partial charge in [-0.3, -0.25) is 0 Å². The van der Waals surface area contributed by atoms with E-state index in [2.05, 4.69) is 32.0 Å². The van der Waals surface area contributed by atoms with E-state index in [4.69, 9.17) is 0 Å². The quantitative estimate of drug-likeness (QED) is 0.799. The first-order valence-electron chi connectivity index (χ1n) is 4.88. The summed E-state index contributed by atoms with van der Waals surface area (Å²) < 4.78 is 1.30. The molecule has 0 aliphatic carbocycles. The highest BCUT2D eigenvalue weighted by Crippen LogP contribution is 2.32. The molecule has 0 spiro atoms. The Balaban J connectivity index is 2.73. The highest BCUT2D eigenvalue weighted by atomic mass is 32.1. The Morgan fingerprint density at radius 1 is 1.36 bits per heavy atom. The second kappa shape index (κ2) is 3.71. The normalized spacial score (nSPS) is 11.1. The summed E-state index contributed by atoms with van der Waals surface area (Å²) in [6, 6.07) is 6.41.